The second-order valence-corrected chi connectivity index (χ2v) is 24.6. The number of hydrogen-bond donors (Lipinski definition) is 14. The molecule has 0 bridgehead atoms. The molecule has 32 heteroatoms. The fourth-order valence-electron chi connectivity index (χ4n) is 10.2. The standard InChI is InChI=1S/C58H112B7N10O15/c1-58(2,3)90-53(81)34-16-11-13-31-49(73-61-44-78)57(85)71-46(28-18-24-38-67-55(83)48(72-60-43-77)30-14-12-21-35-59-42-76)51(79)33-15-9-8-10-22-36-66-54(82)45(41-52(80)47(74-64(6)88)29-19-25-39-69-62(4)86)27-17-23-37-68-56(84)50(75-65(7)89)32-20-26-40-70-63(5)87/h42-50,69-70,72-75,86-89H,8-41H2,1-7H3,(H,66,82)(H,67,83)(H,68,84)(H,71,85)/t45-,46-,47-,48-,49-,50-/m0/s1. The van der Waals surface area contributed by atoms with Gasteiger partial charge in [-0.3, -0.25) is 33.6 Å². The number of ketones is 2. The van der Waals surface area contributed by atoms with Gasteiger partial charge in [0.1, 0.15) is 11.4 Å². The van der Waals surface area contributed by atoms with Crippen LogP contribution in [0.1, 0.15) is 201 Å². The van der Waals surface area contributed by atoms with E-state index in [0.29, 0.717) is 167 Å². The molecule has 0 aliphatic heterocycles. The molecule has 0 saturated heterocycles. The van der Waals surface area contributed by atoms with Gasteiger partial charge >= 0.3 is 34.2 Å². The zero-order chi connectivity index (χ0) is 67.4. The average molecular weight is 1270 g/mol. The minimum absolute atomic E-state index is 0.0669. The van der Waals surface area contributed by atoms with Crippen LogP contribution < -0.4 is 52.6 Å². The van der Waals surface area contributed by atoms with Gasteiger partial charge in [0.25, 0.3) is 14.8 Å². The molecule has 0 saturated carbocycles. The van der Waals surface area contributed by atoms with E-state index in [9.17, 15) is 68.0 Å². The van der Waals surface area contributed by atoms with Crippen molar-refractivity contribution in [2.75, 3.05) is 32.7 Å². The molecular weight excluding hydrogens is 1150 g/mol. The van der Waals surface area contributed by atoms with E-state index in [-0.39, 0.29) is 67.5 Å². The Hall–Kier alpha value is -4.25. The zero-order valence-corrected chi connectivity index (χ0v) is 55.6. The summed E-state index contributed by atoms with van der Waals surface area (Å²) in [5.74, 6) is -2.64. The number of Topliss-reactive ketones (excluding diaryl/α,β-unsaturated/α-hetero) is 2. The van der Waals surface area contributed by atoms with Gasteiger partial charge in [-0.1, -0.05) is 76.9 Å². The van der Waals surface area contributed by atoms with Crippen molar-refractivity contribution in [1.29, 1.82) is 0 Å². The molecule has 0 aromatic carbocycles. The first-order chi connectivity index (χ1) is 42.9. The van der Waals surface area contributed by atoms with Crippen molar-refractivity contribution in [3.8, 4) is 0 Å². The summed E-state index contributed by atoms with van der Waals surface area (Å²) in [6, 6.07) is -3.64. The number of carbonyl (C=O) groups is 10. The summed E-state index contributed by atoms with van der Waals surface area (Å²) < 4.78 is 5.40. The largest absolute Gasteiger partial charge is 0.460 e. The summed E-state index contributed by atoms with van der Waals surface area (Å²) in [5, 5.41) is 68.5. The number of esters is 1. The molecule has 0 fully saturated rings. The van der Waals surface area contributed by atoms with Crippen LogP contribution in [-0.2, 0) is 52.7 Å². The van der Waals surface area contributed by atoms with E-state index < -0.39 is 75.8 Å². The monoisotopic (exact) mass is 1270 g/mol. The molecule has 3 radical (unpaired) electrons. The zero-order valence-electron chi connectivity index (χ0n) is 55.6. The Morgan fingerprint density at radius 3 is 1.38 bits per heavy atom. The van der Waals surface area contributed by atoms with Gasteiger partial charge in [0.15, 0.2) is 13.1 Å². The smallest absolute Gasteiger partial charge is 0.374 e. The van der Waals surface area contributed by atoms with Gasteiger partial charge in [-0.2, -0.15) is 0 Å². The molecule has 505 valence electrons. The van der Waals surface area contributed by atoms with Crippen molar-refractivity contribution in [3.63, 3.8) is 0 Å². The minimum atomic E-state index is -0.970. The Morgan fingerprint density at radius 2 is 0.844 bits per heavy atom. The first-order valence-corrected chi connectivity index (χ1v) is 33.4. The Bertz CT molecular complexity index is 1990. The number of ether oxygens (including phenoxy) is 1. The Labute approximate surface area is 541 Å². The molecule has 0 aliphatic carbocycles. The molecule has 25 nitrogen and oxygen atoms in total. The predicted molar refractivity (Wildman–Crippen MR) is 361 cm³/mol. The Morgan fingerprint density at radius 1 is 0.433 bits per heavy atom. The van der Waals surface area contributed by atoms with Crippen molar-refractivity contribution in [2.24, 2.45) is 5.92 Å². The first kappa shape index (κ1) is 85.8. The number of rotatable bonds is 62. The molecule has 0 aromatic heterocycles. The number of carbonyl (C=O) groups excluding carboxylic acids is 10. The third-order valence-electron chi connectivity index (χ3n) is 14.8. The van der Waals surface area contributed by atoms with Crippen molar-refractivity contribution < 1.29 is 72.8 Å². The van der Waals surface area contributed by atoms with E-state index in [1.807, 2.05) is 0 Å². The molecule has 0 aromatic rings. The van der Waals surface area contributed by atoms with Gasteiger partial charge in [-0.05, 0) is 151 Å². The van der Waals surface area contributed by atoms with Gasteiger partial charge in [0, 0.05) is 44.8 Å². The maximum atomic E-state index is 13.9. The van der Waals surface area contributed by atoms with E-state index >= 15 is 0 Å². The lowest BCUT2D eigenvalue weighted by Crippen LogP contribution is -2.51. The van der Waals surface area contributed by atoms with Crippen LogP contribution in [0, 0.1) is 5.92 Å². The maximum absolute atomic E-state index is 13.9. The van der Waals surface area contributed by atoms with Crippen LogP contribution in [0.25, 0.3) is 0 Å². The Balaban J connectivity index is 5.85. The van der Waals surface area contributed by atoms with E-state index in [1.54, 1.807) is 48.5 Å². The van der Waals surface area contributed by atoms with Crippen molar-refractivity contribution in [1.82, 2.24) is 52.6 Å². The highest BCUT2D eigenvalue weighted by molar-refractivity contribution is 6.66. The Kier molecular flexibility index (Phi) is 52.6. The van der Waals surface area contributed by atoms with Crippen LogP contribution in [0.5, 0.6) is 0 Å². The summed E-state index contributed by atoms with van der Waals surface area (Å²) in [4.78, 5) is 127. The van der Waals surface area contributed by atoms with E-state index in [2.05, 4.69) is 52.6 Å². The minimum Gasteiger partial charge on any atom is -0.460 e. The first-order valence-electron chi connectivity index (χ1n) is 33.4. The van der Waals surface area contributed by atoms with Gasteiger partial charge in [-0.15, -0.1) is 0 Å². The highest BCUT2D eigenvalue weighted by atomic mass is 16.6. The molecule has 0 rings (SSSR count). The van der Waals surface area contributed by atoms with E-state index in [4.69, 9.17) is 4.74 Å². The van der Waals surface area contributed by atoms with Crippen LogP contribution >= 0.6 is 0 Å². The fourth-order valence-corrected chi connectivity index (χ4v) is 10.2. The topological polar surface area (TPSA) is 381 Å². The third kappa shape index (κ3) is 49.4. The number of unbranched alkanes of at least 4 members (excludes halogenated alkanes) is 12. The van der Waals surface area contributed by atoms with Crippen LogP contribution in [0.2, 0.25) is 33.6 Å². The molecule has 4 amide bonds. The quantitative estimate of drug-likeness (QED) is 0.0176. The van der Waals surface area contributed by atoms with Gasteiger partial charge < -0.3 is 91.9 Å². The molecular formula is C58H112B7N10O15. The molecule has 14 N–H and O–H groups in total. The fraction of sp³-hybridized carbons (Fsp3) is 0.828. The highest BCUT2D eigenvalue weighted by Gasteiger charge is 2.29. The lowest BCUT2D eigenvalue weighted by atomic mass is 9.75. The van der Waals surface area contributed by atoms with Crippen LogP contribution in [0.4, 0.5) is 0 Å². The highest BCUT2D eigenvalue weighted by Crippen LogP contribution is 2.19. The second-order valence-electron chi connectivity index (χ2n) is 24.6. The van der Waals surface area contributed by atoms with E-state index in [1.165, 1.54) is 14.2 Å². The number of nitrogens with one attached hydrogen (secondary N) is 10. The lowest BCUT2D eigenvalue weighted by Gasteiger charge is -2.23. The number of hydrogen-bond acceptors (Lipinski definition) is 21. The summed E-state index contributed by atoms with van der Waals surface area (Å²) in [6.07, 6.45) is 17.3. The SMILES string of the molecule is CB(O)NCCCC[C@H](NB(C)O)C(=O)C[C@H](CCCCNC(=O)[C@H](CCCCNB(C)O)NB(C)O)C(=O)NCCCCCCCC(=O)[C@H](CCCCNC(=O)[C@H](CCCCC[B]C=O)N[B]C=O)NC(=O)[C@H](CCCCCC(=O)OC(C)(C)C)N[B]C=O. The molecule has 90 heavy (non-hydrogen) atoms. The van der Waals surface area contributed by atoms with E-state index in [0.717, 1.165) is 45.7 Å². The molecule has 0 unspecified atom stereocenters. The van der Waals surface area contributed by atoms with Crippen molar-refractivity contribution in [3.05, 3.63) is 0 Å². The van der Waals surface area contributed by atoms with Crippen molar-refractivity contribution in [2.45, 2.75) is 270 Å². The summed E-state index contributed by atoms with van der Waals surface area (Å²) in [6.45, 7) is 13.8. The van der Waals surface area contributed by atoms with Gasteiger partial charge in [0.05, 0.1) is 48.8 Å². The van der Waals surface area contributed by atoms with Crippen molar-refractivity contribution >= 4 is 110 Å². The predicted octanol–water partition coefficient (Wildman–Crippen LogP) is 1.22. The summed E-state index contributed by atoms with van der Waals surface area (Å²) >= 11 is 0. The average Bonchev–Trinajstić information content (AvgIpc) is 3.10. The third-order valence-corrected chi connectivity index (χ3v) is 14.8. The molecule has 0 heterocycles. The van der Waals surface area contributed by atoms with Gasteiger partial charge in [0.2, 0.25) is 23.6 Å². The van der Waals surface area contributed by atoms with Crippen LogP contribution in [0.15, 0.2) is 0 Å². The summed E-state index contributed by atoms with van der Waals surface area (Å²) in [5.41, 5.74) is -0.602. The lowest BCUT2D eigenvalue weighted by molar-refractivity contribution is -0.155. The summed E-state index contributed by atoms with van der Waals surface area (Å²) in [7, 11) is 0.687. The number of amides is 4. The molecule has 6 atom stereocenters. The normalized spacial score (nSPS) is 13.2. The molecule has 0 aliphatic rings. The van der Waals surface area contributed by atoms with Gasteiger partial charge in [-0.25, -0.2) is 0 Å². The maximum Gasteiger partial charge on any atom is 0.374 e. The molecule has 0 spiro atoms. The van der Waals surface area contributed by atoms with Crippen LogP contribution in [0.3, 0.4) is 0 Å². The van der Waals surface area contributed by atoms with Crippen LogP contribution in [-0.4, -0.2) is 199 Å². The second kappa shape index (κ2) is 55.2.